The van der Waals surface area contributed by atoms with Crippen LogP contribution in [0.3, 0.4) is 0 Å². The zero-order valence-electron chi connectivity index (χ0n) is 16.1. The minimum Gasteiger partial charge on any atom is -0.494 e. The largest absolute Gasteiger partial charge is 0.494 e. The molecule has 1 amide bonds. The van der Waals surface area contributed by atoms with Gasteiger partial charge in [0.1, 0.15) is 17.8 Å². The molecule has 8 nitrogen and oxygen atoms in total. The summed E-state index contributed by atoms with van der Waals surface area (Å²) in [5.74, 6) is 0.572. The highest BCUT2D eigenvalue weighted by Crippen LogP contribution is 2.21. The molecule has 0 atom stereocenters. The molecule has 0 spiro atoms. The van der Waals surface area contributed by atoms with Crippen molar-refractivity contribution in [1.82, 2.24) is 19.5 Å². The van der Waals surface area contributed by atoms with Gasteiger partial charge in [0.05, 0.1) is 12.3 Å². The summed E-state index contributed by atoms with van der Waals surface area (Å²) in [5.41, 5.74) is 1.72. The third-order valence-electron chi connectivity index (χ3n) is 4.23. The Balaban J connectivity index is 1.76. The minimum absolute atomic E-state index is 0.0358. The Morgan fingerprint density at radius 2 is 2.00 bits per heavy atom. The first-order chi connectivity index (χ1) is 13.6. The number of carbonyl (C=O) groups excluding carboxylic acids is 1. The van der Waals surface area contributed by atoms with Crippen LogP contribution < -0.4 is 15.6 Å². The molecule has 2 heterocycles. The summed E-state index contributed by atoms with van der Waals surface area (Å²) in [5, 5.41) is 7.23. The van der Waals surface area contributed by atoms with Gasteiger partial charge in [-0.1, -0.05) is 0 Å². The van der Waals surface area contributed by atoms with E-state index in [1.165, 1.54) is 9.08 Å². The number of fused-ring (bicyclic) bond motifs is 1. The van der Waals surface area contributed by atoms with E-state index in [1.807, 2.05) is 31.2 Å². The molecule has 0 bridgehead atoms. The maximum absolute atomic E-state index is 12.7. The second kappa shape index (κ2) is 9.18. The third-order valence-corrected chi connectivity index (χ3v) is 4.23. The fourth-order valence-electron chi connectivity index (χ4n) is 2.84. The first-order valence-corrected chi connectivity index (χ1v) is 9.20. The van der Waals surface area contributed by atoms with Gasteiger partial charge in [0.15, 0.2) is 0 Å². The van der Waals surface area contributed by atoms with Gasteiger partial charge in [-0.2, -0.15) is 5.10 Å². The molecular formula is C20H24N4O4. The molecule has 0 saturated heterocycles. The Kier molecular flexibility index (Phi) is 6.44. The lowest BCUT2D eigenvalue weighted by Crippen LogP contribution is -2.33. The second-order valence-corrected chi connectivity index (χ2v) is 6.24. The molecule has 3 rings (SSSR count). The molecule has 8 heteroatoms. The summed E-state index contributed by atoms with van der Waals surface area (Å²) < 4.78 is 13.3. The van der Waals surface area contributed by atoms with E-state index in [0.29, 0.717) is 31.0 Å². The lowest BCUT2D eigenvalue weighted by atomic mass is 10.1. The van der Waals surface area contributed by atoms with Gasteiger partial charge in [0.25, 0.3) is 5.56 Å². The molecular weight excluding hydrogens is 360 g/mol. The number of rotatable bonds is 9. The zero-order valence-corrected chi connectivity index (χ0v) is 16.1. The summed E-state index contributed by atoms with van der Waals surface area (Å²) in [6.07, 6.45) is 3.97. The first kappa shape index (κ1) is 19.6. The smallest absolute Gasteiger partial charge is 0.277 e. The van der Waals surface area contributed by atoms with Gasteiger partial charge in [-0.25, -0.2) is 4.52 Å². The second-order valence-electron chi connectivity index (χ2n) is 6.24. The topological polar surface area (TPSA) is 86.9 Å². The maximum atomic E-state index is 12.7. The van der Waals surface area contributed by atoms with Crippen LogP contribution in [0.25, 0.3) is 16.8 Å². The van der Waals surface area contributed by atoms with Crippen LogP contribution in [-0.4, -0.2) is 47.0 Å². The number of hydrogen-bond donors (Lipinski definition) is 1. The number of aromatic nitrogens is 3. The average molecular weight is 384 g/mol. The van der Waals surface area contributed by atoms with Gasteiger partial charge < -0.3 is 19.4 Å². The number of benzene rings is 1. The van der Waals surface area contributed by atoms with E-state index in [0.717, 1.165) is 17.7 Å². The van der Waals surface area contributed by atoms with Gasteiger partial charge >= 0.3 is 0 Å². The normalized spacial score (nSPS) is 10.9. The van der Waals surface area contributed by atoms with Crippen molar-refractivity contribution in [3.63, 3.8) is 0 Å². The lowest BCUT2D eigenvalue weighted by molar-refractivity contribution is -0.121. The van der Waals surface area contributed by atoms with E-state index in [9.17, 15) is 9.59 Å². The van der Waals surface area contributed by atoms with E-state index in [2.05, 4.69) is 10.4 Å². The van der Waals surface area contributed by atoms with E-state index >= 15 is 0 Å². The van der Waals surface area contributed by atoms with Crippen LogP contribution >= 0.6 is 0 Å². The van der Waals surface area contributed by atoms with Crippen LogP contribution in [0.1, 0.15) is 13.3 Å². The summed E-state index contributed by atoms with van der Waals surface area (Å²) in [6, 6.07) is 9.27. The summed E-state index contributed by atoms with van der Waals surface area (Å²) in [6.45, 7) is 3.59. The van der Waals surface area contributed by atoms with Crippen LogP contribution in [0.4, 0.5) is 0 Å². The number of carbonyl (C=O) groups is 1. The SMILES string of the molecule is CCOc1ccc(-c2cc3c(=O)n(CC(=O)NCCCOC)ccn3n2)cc1. The molecule has 28 heavy (non-hydrogen) atoms. The third kappa shape index (κ3) is 4.58. The number of hydrogen-bond acceptors (Lipinski definition) is 5. The fraction of sp³-hybridized carbons (Fsp3) is 0.350. The highest BCUT2D eigenvalue weighted by Gasteiger charge is 2.11. The van der Waals surface area contributed by atoms with Crippen molar-refractivity contribution in [1.29, 1.82) is 0 Å². The Bertz CT molecular complexity index is 992. The van der Waals surface area contributed by atoms with Crippen molar-refractivity contribution in [3.05, 3.63) is 53.1 Å². The molecule has 0 unspecified atom stereocenters. The van der Waals surface area contributed by atoms with E-state index in [4.69, 9.17) is 9.47 Å². The highest BCUT2D eigenvalue weighted by molar-refractivity contribution is 5.75. The first-order valence-electron chi connectivity index (χ1n) is 9.20. The lowest BCUT2D eigenvalue weighted by Gasteiger charge is -2.07. The minimum atomic E-state index is -0.265. The Morgan fingerprint density at radius 1 is 1.21 bits per heavy atom. The van der Waals surface area contributed by atoms with Crippen molar-refractivity contribution in [2.24, 2.45) is 0 Å². The Labute approximate surface area is 162 Å². The predicted molar refractivity (Wildman–Crippen MR) is 106 cm³/mol. The average Bonchev–Trinajstić information content (AvgIpc) is 3.13. The van der Waals surface area contributed by atoms with Gasteiger partial charge in [-0.3, -0.25) is 9.59 Å². The van der Waals surface area contributed by atoms with Crippen LogP contribution in [-0.2, 0) is 16.1 Å². The summed E-state index contributed by atoms with van der Waals surface area (Å²) in [7, 11) is 1.61. The molecule has 1 aromatic carbocycles. The number of ether oxygens (including phenoxy) is 2. The number of methoxy groups -OCH3 is 1. The van der Waals surface area contributed by atoms with Crippen molar-refractivity contribution >= 4 is 11.4 Å². The molecule has 2 aromatic heterocycles. The number of nitrogens with one attached hydrogen (secondary N) is 1. The number of amides is 1. The Hall–Kier alpha value is -3.13. The van der Waals surface area contributed by atoms with Crippen molar-refractivity contribution in [2.45, 2.75) is 19.9 Å². The maximum Gasteiger partial charge on any atom is 0.277 e. The van der Waals surface area contributed by atoms with Crippen LogP contribution in [0.5, 0.6) is 5.75 Å². The van der Waals surface area contributed by atoms with Crippen molar-refractivity contribution in [3.8, 4) is 17.0 Å². The quantitative estimate of drug-likeness (QED) is 0.568. The van der Waals surface area contributed by atoms with Crippen LogP contribution in [0.2, 0.25) is 0 Å². The highest BCUT2D eigenvalue weighted by atomic mass is 16.5. The summed E-state index contributed by atoms with van der Waals surface area (Å²) in [4.78, 5) is 24.7. The molecule has 1 N–H and O–H groups in total. The summed E-state index contributed by atoms with van der Waals surface area (Å²) >= 11 is 0. The van der Waals surface area contributed by atoms with Gasteiger partial charge in [-0.05, 0) is 43.7 Å². The fourth-order valence-corrected chi connectivity index (χ4v) is 2.84. The van der Waals surface area contributed by atoms with E-state index < -0.39 is 0 Å². The predicted octanol–water partition coefficient (Wildman–Crippen LogP) is 1.71. The van der Waals surface area contributed by atoms with E-state index in [-0.39, 0.29) is 18.0 Å². The number of nitrogens with zero attached hydrogens (tertiary/aromatic N) is 3. The standard InChI is InChI=1S/C20H24N4O4/c1-3-28-16-7-5-15(6-8-16)17-13-18-20(26)23(10-11-24(18)22-17)14-19(25)21-9-4-12-27-2/h5-8,10-11,13H,3-4,9,12,14H2,1-2H3,(H,21,25). The molecule has 0 aliphatic heterocycles. The van der Waals surface area contributed by atoms with Crippen molar-refractivity contribution < 1.29 is 14.3 Å². The molecule has 0 aliphatic rings. The van der Waals surface area contributed by atoms with Crippen LogP contribution in [0, 0.1) is 0 Å². The molecule has 0 radical (unpaired) electrons. The van der Waals surface area contributed by atoms with Gasteiger partial charge in [0, 0.05) is 38.2 Å². The Morgan fingerprint density at radius 3 is 2.71 bits per heavy atom. The zero-order chi connectivity index (χ0) is 19.9. The monoisotopic (exact) mass is 384 g/mol. The molecule has 3 aromatic rings. The molecule has 0 saturated carbocycles. The van der Waals surface area contributed by atoms with Gasteiger partial charge in [0.2, 0.25) is 5.91 Å². The van der Waals surface area contributed by atoms with Gasteiger partial charge in [-0.15, -0.1) is 0 Å². The molecule has 0 aliphatic carbocycles. The molecule has 0 fully saturated rings. The molecule has 148 valence electrons. The van der Waals surface area contributed by atoms with E-state index in [1.54, 1.807) is 25.6 Å². The van der Waals surface area contributed by atoms with Crippen molar-refractivity contribution in [2.75, 3.05) is 26.9 Å². The van der Waals surface area contributed by atoms with Crippen LogP contribution in [0.15, 0.2) is 47.5 Å².